The van der Waals surface area contributed by atoms with E-state index < -0.39 is 27.3 Å². The zero-order chi connectivity index (χ0) is 16.5. The molecule has 0 spiro atoms. The number of hydrogen-bond acceptors (Lipinski definition) is 4. The van der Waals surface area contributed by atoms with Crippen LogP contribution in [0.2, 0.25) is 0 Å². The van der Waals surface area contributed by atoms with Gasteiger partial charge in [0.25, 0.3) is 0 Å². The fourth-order valence-corrected chi connectivity index (χ4v) is 3.84. The molecule has 0 aliphatic carbocycles. The molecule has 23 heavy (non-hydrogen) atoms. The second-order valence-corrected chi connectivity index (χ2v) is 6.97. The van der Waals surface area contributed by atoms with Crippen LogP contribution in [0.15, 0.2) is 23.1 Å². The molecule has 0 amide bonds. The van der Waals surface area contributed by atoms with Gasteiger partial charge in [0.15, 0.2) is 0 Å². The van der Waals surface area contributed by atoms with Gasteiger partial charge >= 0.3 is 6.18 Å². The number of rotatable bonds is 2. The lowest BCUT2D eigenvalue weighted by molar-refractivity contribution is -0.137. The van der Waals surface area contributed by atoms with Gasteiger partial charge in [-0.1, -0.05) is 0 Å². The van der Waals surface area contributed by atoms with Gasteiger partial charge in [-0.15, -0.1) is 12.4 Å². The van der Waals surface area contributed by atoms with Gasteiger partial charge < -0.3 is 5.32 Å². The summed E-state index contributed by atoms with van der Waals surface area (Å²) in [5, 5.41) is 11.9. The monoisotopic (exact) mass is 369 g/mol. The Bertz CT molecular complexity index is 716. The van der Waals surface area contributed by atoms with Crippen molar-refractivity contribution in [3.63, 3.8) is 0 Å². The van der Waals surface area contributed by atoms with Gasteiger partial charge in [-0.2, -0.15) is 22.7 Å². The lowest BCUT2D eigenvalue weighted by atomic mass is 10.1. The second kappa shape index (κ2) is 7.05. The van der Waals surface area contributed by atoms with Gasteiger partial charge in [0.05, 0.1) is 22.1 Å². The van der Waals surface area contributed by atoms with Crippen LogP contribution in [0.5, 0.6) is 0 Å². The van der Waals surface area contributed by atoms with Gasteiger partial charge in [0, 0.05) is 25.7 Å². The molecular weight excluding hydrogens is 355 g/mol. The third kappa shape index (κ3) is 4.14. The van der Waals surface area contributed by atoms with E-state index in [2.05, 4.69) is 5.32 Å². The molecule has 0 aromatic heterocycles. The summed E-state index contributed by atoms with van der Waals surface area (Å²) in [5.41, 5.74) is -1.83. The van der Waals surface area contributed by atoms with E-state index in [1.165, 1.54) is 10.4 Å². The molecule has 0 bridgehead atoms. The molecule has 1 aliphatic heterocycles. The maximum Gasteiger partial charge on any atom is 0.417 e. The van der Waals surface area contributed by atoms with E-state index in [1.54, 1.807) is 0 Å². The lowest BCUT2D eigenvalue weighted by Crippen LogP contribution is -2.51. The fourth-order valence-electron chi connectivity index (χ4n) is 2.29. The summed E-state index contributed by atoms with van der Waals surface area (Å²) in [6.07, 6.45) is -4.70. The molecule has 1 atom stereocenters. The highest BCUT2D eigenvalue weighted by atomic mass is 35.5. The van der Waals surface area contributed by atoms with Gasteiger partial charge in [-0.3, -0.25) is 0 Å². The van der Waals surface area contributed by atoms with Crippen molar-refractivity contribution in [3.8, 4) is 6.07 Å². The zero-order valence-electron chi connectivity index (χ0n) is 12.1. The maximum absolute atomic E-state index is 12.8. The van der Waals surface area contributed by atoms with Crippen LogP contribution in [0.3, 0.4) is 0 Å². The van der Waals surface area contributed by atoms with Crippen molar-refractivity contribution in [2.75, 3.05) is 19.6 Å². The molecule has 1 aliphatic rings. The summed E-state index contributed by atoms with van der Waals surface area (Å²) in [4.78, 5) is -0.300. The number of alkyl halides is 3. The molecule has 0 radical (unpaired) electrons. The predicted molar refractivity (Wildman–Crippen MR) is 79.6 cm³/mol. The predicted octanol–water partition coefficient (Wildman–Crippen LogP) is 1.98. The lowest BCUT2D eigenvalue weighted by Gasteiger charge is -2.31. The van der Waals surface area contributed by atoms with E-state index in [0.717, 1.165) is 12.1 Å². The smallest absolute Gasteiger partial charge is 0.312 e. The number of nitriles is 1. The average Bonchev–Trinajstić information content (AvgIpc) is 2.45. The Kier molecular flexibility index (Phi) is 6.04. The first kappa shape index (κ1) is 19.7. The van der Waals surface area contributed by atoms with Crippen LogP contribution in [0.4, 0.5) is 13.2 Å². The highest BCUT2D eigenvalue weighted by Crippen LogP contribution is 2.33. The first-order chi connectivity index (χ1) is 10.2. The SMILES string of the molecule is C[C@@H]1CN(S(=O)(=O)c2ccc(C(F)(F)F)c(C#N)c2)CCN1.Cl. The number of nitrogens with one attached hydrogen (secondary N) is 1. The molecule has 1 saturated heterocycles. The average molecular weight is 370 g/mol. The number of sulfonamides is 1. The van der Waals surface area contributed by atoms with Crippen molar-refractivity contribution in [2.45, 2.75) is 24.0 Å². The summed E-state index contributed by atoms with van der Waals surface area (Å²) in [6, 6.07) is 3.68. The van der Waals surface area contributed by atoms with E-state index in [1.807, 2.05) is 6.92 Å². The minimum Gasteiger partial charge on any atom is -0.312 e. The molecule has 128 valence electrons. The summed E-state index contributed by atoms with van der Waals surface area (Å²) in [5.74, 6) is 0. The van der Waals surface area contributed by atoms with Crippen LogP contribution in [0.25, 0.3) is 0 Å². The van der Waals surface area contributed by atoms with Gasteiger partial charge in [0.1, 0.15) is 0 Å². The standard InChI is InChI=1S/C13H14F3N3O2S.ClH/c1-9-8-19(5-4-18-9)22(20,21)11-2-3-12(13(14,15)16)10(6-11)7-17;/h2-3,6,9,18H,4-5,8H2,1H3;1H/t9-;/m1./s1. The molecule has 10 heteroatoms. The summed E-state index contributed by atoms with van der Waals surface area (Å²) in [6.45, 7) is 2.74. The van der Waals surface area contributed by atoms with Crippen molar-refractivity contribution >= 4 is 22.4 Å². The van der Waals surface area contributed by atoms with Crippen LogP contribution in [0.1, 0.15) is 18.1 Å². The Morgan fingerprint density at radius 3 is 2.57 bits per heavy atom. The van der Waals surface area contributed by atoms with Crippen molar-refractivity contribution in [3.05, 3.63) is 29.3 Å². The first-order valence-electron chi connectivity index (χ1n) is 6.51. The normalized spacial score (nSPS) is 19.7. The number of halogens is 4. The van der Waals surface area contributed by atoms with Crippen LogP contribution in [-0.2, 0) is 16.2 Å². The fraction of sp³-hybridized carbons (Fsp3) is 0.462. The Morgan fingerprint density at radius 1 is 1.39 bits per heavy atom. The van der Waals surface area contributed by atoms with E-state index in [-0.39, 0.29) is 36.4 Å². The maximum atomic E-state index is 12.8. The van der Waals surface area contributed by atoms with Crippen molar-refractivity contribution in [1.82, 2.24) is 9.62 Å². The molecule has 1 aromatic carbocycles. The molecule has 1 aromatic rings. The van der Waals surface area contributed by atoms with Crippen molar-refractivity contribution < 1.29 is 21.6 Å². The molecule has 1 fully saturated rings. The topological polar surface area (TPSA) is 73.2 Å². The molecular formula is C13H15ClF3N3O2S. The number of benzene rings is 1. The van der Waals surface area contributed by atoms with E-state index in [4.69, 9.17) is 5.26 Å². The number of hydrogen-bond donors (Lipinski definition) is 1. The van der Waals surface area contributed by atoms with E-state index >= 15 is 0 Å². The molecule has 0 unspecified atom stereocenters. The van der Waals surface area contributed by atoms with Crippen LogP contribution in [-0.4, -0.2) is 38.4 Å². The molecule has 2 rings (SSSR count). The Morgan fingerprint density at radius 2 is 2.04 bits per heavy atom. The molecule has 1 N–H and O–H groups in total. The minimum absolute atomic E-state index is 0. The highest BCUT2D eigenvalue weighted by molar-refractivity contribution is 7.89. The van der Waals surface area contributed by atoms with Crippen molar-refractivity contribution in [1.29, 1.82) is 5.26 Å². The summed E-state index contributed by atoms with van der Waals surface area (Å²) < 4.78 is 64.4. The summed E-state index contributed by atoms with van der Waals surface area (Å²) in [7, 11) is -3.91. The van der Waals surface area contributed by atoms with Gasteiger partial charge in [-0.25, -0.2) is 8.42 Å². The van der Waals surface area contributed by atoms with Crippen LogP contribution >= 0.6 is 12.4 Å². The van der Waals surface area contributed by atoms with Crippen LogP contribution in [0, 0.1) is 11.3 Å². The van der Waals surface area contributed by atoms with E-state index in [9.17, 15) is 21.6 Å². The van der Waals surface area contributed by atoms with E-state index in [0.29, 0.717) is 12.6 Å². The van der Waals surface area contributed by atoms with Gasteiger partial charge in [-0.05, 0) is 25.1 Å². The largest absolute Gasteiger partial charge is 0.417 e. The Hall–Kier alpha value is -1.34. The second-order valence-electron chi connectivity index (χ2n) is 5.04. The first-order valence-corrected chi connectivity index (χ1v) is 7.95. The van der Waals surface area contributed by atoms with Gasteiger partial charge in [0.2, 0.25) is 10.0 Å². The quantitative estimate of drug-likeness (QED) is 0.865. The zero-order valence-corrected chi connectivity index (χ0v) is 13.7. The number of piperazine rings is 1. The highest BCUT2D eigenvalue weighted by Gasteiger charge is 2.35. The van der Waals surface area contributed by atoms with Crippen LogP contribution < -0.4 is 5.32 Å². The Balaban J connectivity index is 0.00000264. The summed E-state index contributed by atoms with van der Waals surface area (Å²) >= 11 is 0. The molecule has 5 nitrogen and oxygen atoms in total. The minimum atomic E-state index is -4.70. The molecule has 0 saturated carbocycles. The van der Waals surface area contributed by atoms with Crippen molar-refractivity contribution in [2.24, 2.45) is 0 Å². The Labute approximate surface area is 138 Å². The number of nitrogens with zero attached hydrogens (tertiary/aromatic N) is 2. The molecule has 1 heterocycles. The third-order valence-electron chi connectivity index (χ3n) is 3.39. The third-order valence-corrected chi connectivity index (χ3v) is 5.25.